The summed E-state index contributed by atoms with van der Waals surface area (Å²) < 4.78 is 13.4. The van der Waals surface area contributed by atoms with Crippen molar-refractivity contribution in [3.63, 3.8) is 0 Å². The smallest absolute Gasteiger partial charge is 0.259 e. The Morgan fingerprint density at radius 2 is 1.93 bits per heavy atom. The van der Waals surface area contributed by atoms with Gasteiger partial charge in [-0.3, -0.25) is 9.78 Å². The number of aromatic nitrogens is 5. The van der Waals surface area contributed by atoms with Crippen LogP contribution in [0.4, 0.5) is 17.3 Å². The second-order valence-electron chi connectivity index (χ2n) is 9.33. The number of nitrogens with one attached hydrogen (secondary N) is 2. The Bertz CT molecular complexity index is 1590. The highest BCUT2D eigenvalue weighted by Gasteiger charge is 2.15. The predicted molar refractivity (Wildman–Crippen MR) is 158 cm³/mol. The first-order valence-electron chi connectivity index (χ1n) is 13.3. The summed E-state index contributed by atoms with van der Waals surface area (Å²) in [7, 11) is 1.58. The Kier molecular flexibility index (Phi) is 8.80. The molecular formula is C31H31N7O3. The maximum absolute atomic E-state index is 13.3. The summed E-state index contributed by atoms with van der Waals surface area (Å²) in [6.45, 7) is 3.30. The second kappa shape index (κ2) is 13.2. The number of amides is 1. The van der Waals surface area contributed by atoms with E-state index in [2.05, 4.69) is 30.6 Å². The molecule has 0 bridgehead atoms. The van der Waals surface area contributed by atoms with E-state index in [1.54, 1.807) is 56.4 Å². The Morgan fingerprint density at radius 1 is 1.00 bits per heavy atom. The van der Waals surface area contributed by atoms with Gasteiger partial charge in [-0.1, -0.05) is 6.07 Å². The molecule has 0 radical (unpaired) electrons. The Hall–Kier alpha value is -5.25. The van der Waals surface area contributed by atoms with Gasteiger partial charge in [-0.2, -0.15) is 0 Å². The van der Waals surface area contributed by atoms with Crippen LogP contribution in [-0.2, 0) is 6.54 Å². The maximum Gasteiger partial charge on any atom is 0.259 e. The highest BCUT2D eigenvalue weighted by molar-refractivity contribution is 6.06. The molecule has 0 saturated carbocycles. The number of unbranched alkanes of at least 4 members (excludes halogenated alkanes) is 1. The zero-order chi connectivity index (χ0) is 28.4. The lowest BCUT2D eigenvalue weighted by Gasteiger charge is -2.15. The lowest BCUT2D eigenvalue weighted by atomic mass is 10.1. The van der Waals surface area contributed by atoms with E-state index in [9.17, 15) is 4.79 Å². The standard InChI is InChI=1S/C31H31N7O3/c1-22-7-8-24(18-28(22)37-31-34-13-11-27(36-31)23-6-5-12-32-20-23)35-30(39)26-10-9-25(40-2)19-29(26)41-17-4-3-15-38-16-14-33-21-38/h5-14,16,18-21H,3-4,15,17H2,1-2H3,(H,35,39)(H,34,36,37). The molecule has 2 N–H and O–H groups in total. The largest absolute Gasteiger partial charge is 0.497 e. The molecule has 3 aromatic heterocycles. The van der Waals surface area contributed by atoms with Gasteiger partial charge in [0.15, 0.2) is 0 Å². The number of nitrogens with zero attached hydrogens (tertiary/aromatic N) is 5. The topological polar surface area (TPSA) is 116 Å². The molecule has 2 aromatic carbocycles. The van der Waals surface area contributed by atoms with Crippen LogP contribution in [0.1, 0.15) is 28.8 Å². The third-order valence-electron chi connectivity index (χ3n) is 6.42. The summed E-state index contributed by atoms with van der Waals surface area (Å²) in [6, 6.07) is 16.5. The van der Waals surface area contributed by atoms with Crippen molar-refractivity contribution in [3.05, 3.63) is 103 Å². The minimum Gasteiger partial charge on any atom is -0.497 e. The molecule has 10 nitrogen and oxygen atoms in total. The van der Waals surface area contributed by atoms with Gasteiger partial charge in [-0.25, -0.2) is 15.0 Å². The molecule has 5 rings (SSSR count). The fraction of sp³-hybridized carbons (Fsp3) is 0.194. The van der Waals surface area contributed by atoms with Crippen molar-refractivity contribution in [2.24, 2.45) is 0 Å². The van der Waals surface area contributed by atoms with Crippen LogP contribution >= 0.6 is 0 Å². The van der Waals surface area contributed by atoms with Gasteiger partial charge < -0.3 is 24.7 Å². The van der Waals surface area contributed by atoms with E-state index in [1.807, 2.05) is 54.1 Å². The highest BCUT2D eigenvalue weighted by atomic mass is 16.5. The minimum absolute atomic E-state index is 0.286. The highest BCUT2D eigenvalue weighted by Crippen LogP contribution is 2.28. The van der Waals surface area contributed by atoms with Gasteiger partial charge in [-0.05, 0) is 67.8 Å². The normalized spacial score (nSPS) is 10.7. The number of methoxy groups -OCH3 is 1. The second-order valence-corrected chi connectivity index (χ2v) is 9.33. The van der Waals surface area contributed by atoms with Crippen LogP contribution in [0.25, 0.3) is 11.3 Å². The van der Waals surface area contributed by atoms with Gasteiger partial charge in [0.2, 0.25) is 5.95 Å². The summed E-state index contributed by atoms with van der Waals surface area (Å²) in [5, 5.41) is 6.26. The monoisotopic (exact) mass is 549 g/mol. The van der Waals surface area contributed by atoms with E-state index in [-0.39, 0.29) is 5.91 Å². The summed E-state index contributed by atoms with van der Waals surface area (Å²) in [4.78, 5) is 30.5. The molecule has 5 aromatic rings. The number of hydrogen-bond donors (Lipinski definition) is 2. The quantitative estimate of drug-likeness (QED) is 0.185. The van der Waals surface area contributed by atoms with Crippen LogP contribution in [0.5, 0.6) is 11.5 Å². The van der Waals surface area contributed by atoms with E-state index in [1.165, 1.54) is 0 Å². The molecule has 208 valence electrons. The zero-order valence-corrected chi connectivity index (χ0v) is 22.9. The summed E-state index contributed by atoms with van der Waals surface area (Å²) in [5.74, 6) is 1.24. The van der Waals surface area contributed by atoms with Crippen LogP contribution < -0.4 is 20.1 Å². The molecule has 10 heteroatoms. The van der Waals surface area contributed by atoms with Gasteiger partial charge in [0.1, 0.15) is 11.5 Å². The lowest BCUT2D eigenvalue weighted by molar-refractivity contribution is 0.102. The average Bonchev–Trinajstić information content (AvgIpc) is 3.53. The summed E-state index contributed by atoms with van der Waals surface area (Å²) in [6.07, 6.45) is 12.4. The van der Waals surface area contributed by atoms with Crippen molar-refractivity contribution in [1.82, 2.24) is 24.5 Å². The molecule has 0 aliphatic rings. The van der Waals surface area contributed by atoms with Crippen LogP contribution in [0.15, 0.2) is 91.9 Å². The fourth-order valence-corrected chi connectivity index (χ4v) is 4.18. The average molecular weight is 550 g/mol. The number of carbonyl (C=O) groups is 1. The number of aryl methyl sites for hydroxylation is 2. The molecular weight excluding hydrogens is 518 g/mol. The van der Waals surface area contributed by atoms with Crippen LogP contribution in [0.2, 0.25) is 0 Å². The number of ether oxygens (including phenoxy) is 2. The van der Waals surface area contributed by atoms with Crippen LogP contribution in [0.3, 0.4) is 0 Å². The van der Waals surface area contributed by atoms with Gasteiger partial charge >= 0.3 is 0 Å². The Morgan fingerprint density at radius 3 is 2.73 bits per heavy atom. The van der Waals surface area contributed by atoms with Gasteiger partial charge in [-0.15, -0.1) is 0 Å². The van der Waals surface area contributed by atoms with E-state index in [0.29, 0.717) is 35.3 Å². The molecule has 0 atom stereocenters. The first-order valence-corrected chi connectivity index (χ1v) is 13.3. The number of rotatable bonds is 12. The number of benzene rings is 2. The van der Waals surface area contributed by atoms with E-state index >= 15 is 0 Å². The van der Waals surface area contributed by atoms with E-state index < -0.39 is 0 Å². The molecule has 0 spiro atoms. The molecule has 0 aliphatic heterocycles. The number of carbonyl (C=O) groups excluding carboxylic acids is 1. The number of hydrogen-bond acceptors (Lipinski definition) is 8. The number of imidazole rings is 1. The molecule has 0 unspecified atom stereocenters. The molecule has 0 saturated heterocycles. The molecule has 41 heavy (non-hydrogen) atoms. The molecule has 1 amide bonds. The fourth-order valence-electron chi connectivity index (χ4n) is 4.18. The molecule has 0 fully saturated rings. The van der Waals surface area contributed by atoms with Crippen molar-refractivity contribution in [1.29, 1.82) is 0 Å². The van der Waals surface area contributed by atoms with E-state index in [0.717, 1.165) is 41.9 Å². The zero-order valence-electron chi connectivity index (χ0n) is 22.9. The Balaban J connectivity index is 1.26. The van der Waals surface area contributed by atoms with Crippen molar-refractivity contribution in [3.8, 4) is 22.8 Å². The van der Waals surface area contributed by atoms with Crippen molar-refractivity contribution >= 4 is 23.2 Å². The first kappa shape index (κ1) is 27.3. The van der Waals surface area contributed by atoms with Gasteiger partial charge in [0.25, 0.3) is 5.91 Å². The van der Waals surface area contributed by atoms with Crippen molar-refractivity contribution in [2.45, 2.75) is 26.3 Å². The number of pyridine rings is 1. The number of anilines is 3. The molecule has 3 heterocycles. The molecule has 0 aliphatic carbocycles. The maximum atomic E-state index is 13.3. The van der Waals surface area contributed by atoms with Gasteiger partial charge in [0, 0.05) is 60.5 Å². The van der Waals surface area contributed by atoms with Crippen molar-refractivity contribution < 1.29 is 14.3 Å². The van der Waals surface area contributed by atoms with Gasteiger partial charge in [0.05, 0.1) is 31.3 Å². The summed E-state index contributed by atoms with van der Waals surface area (Å²) in [5.41, 5.74) is 4.44. The van der Waals surface area contributed by atoms with E-state index in [4.69, 9.17) is 9.47 Å². The third kappa shape index (κ3) is 7.24. The Labute approximate surface area is 238 Å². The van der Waals surface area contributed by atoms with Crippen molar-refractivity contribution in [2.75, 3.05) is 24.4 Å². The summed E-state index contributed by atoms with van der Waals surface area (Å²) >= 11 is 0. The SMILES string of the molecule is COc1ccc(C(=O)Nc2ccc(C)c(Nc3nccc(-c4cccnc4)n3)c2)c(OCCCCn2ccnc2)c1. The lowest BCUT2D eigenvalue weighted by Crippen LogP contribution is -2.14. The third-order valence-corrected chi connectivity index (χ3v) is 6.42. The predicted octanol–water partition coefficient (Wildman–Crippen LogP) is 5.91. The minimum atomic E-state index is -0.286. The van der Waals surface area contributed by atoms with Crippen LogP contribution in [0, 0.1) is 6.92 Å². The first-order chi connectivity index (χ1) is 20.1. The van der Waals surface area contributed by atoms with Crippen LogP contribution in [-0.4, -0.2) is 44.1 Å².